The second kappa shape index (κ2) is 4.47. The summed E-state index contributed by atoms with van der Waals surface area (Å²) < 4.78 is 0. The minimum atomic E-state index is 0.418. The molecule has 2 aliphatic heterocycles. The van der Waals surface area contributed by atoms with Gasteiger partial charge in [0.2, 0.25) is 0 Å². The molecule has 2 aromatic carbocycles. The quantitative estimate of drug-likeness (QED) is 0.663. The van der Waals surface area contributed by atoms with Crippen LogP contribution in [-0.2, 0) is 12.8 Å². The predicted octanol–water partition coefficient (Wildman–Crippen LogP) is 3.98. The number of benzene rings is 2. The van der Waals surface area contributed by atoms with Gasteiger partial charge in [0.15, 0.2) is 0 Å². The predicted molar refractivity (Wildman–Crippen MR) is 90.3 cm³/mol. The molecule has 1 atom stereocenters. The van der Waals surface area contributed by atoms with Crippen molar-refractivity contribution in [1.29, 1.82) is 0 Å². The van der Waals surface area contributed by atoms with Crippen LogP contribution in [0.4, 0.5) is 0 Å². The van der Waals surface area contributed by atoms with Crippen LogP contribution < -0.4 is 0 Å². The molecule has 3 aromatic rings. The lowest BCUT2D eigenvalue weighted by Crippen LogP contribution is -2.40. The Labute approximate surface area is 130 Å². The van der Waals surface area contributed by atoms with E-state index >= 15 is 0 Å². The molecule has 1 aromatic heterocycles. The zero-order valence-electron chi connectivity index (χ0n) is 12.9. The Hall–Kier alpha value is -2.06. The number of rotatable bonds is 0. The second-order valence-electron chi connectivity index (χ2n) is 6.70. The molecule has 1 unspecified atom stereocenters. The third-order valence-electron chi connectivity index (χ3n) is 5.40. The van der Waals surface area contributed by atoms with Gasteiger partial charge in [-0.1, -0.05) is 35.9 Å². The Bertz CT molecular complexity index is 875. The van der Waals surface area contributed by atoms with Crippen molar-refractivity contribution in [1.82, 2.24) is 9.88 Å². The van der Waals surface area contributed by atoms with Gasteiger partial charge in [-0.2, -0.15) is 0 Å². The van der Waals surface area contributed by atoms with Gasteiger partial charge in [-0.25, -0.2) is 0 Å². The molecule has 2 heteroatoms. The van der Waals surface area contributed by atoms with Crippen LogP contribution >= 0.6 is 0 Å². The SMILES string of the molecule is Cc1ccc2[nH]c3c(c2c1)CCN1CCc2ccccc2C31. The van der Waals surface area contributed by atoms with Crippen LogP contribution in [0.1, 0.15) is 34.0 Å². The topological polar surface area (TPSA) is 19.0 Å². The highest BCUT2D eigenvalue weighted by molar-refractivity contribution is 5.86. The van der Waals surface area contributed by atoms with Gasteiger partial charge >= 0.3 is 0 Å². The van der Waals surface area contributed by atoms with E-state index in [4.69, 9.17) is 0 Å². The normalized spacial score (nSPS) is 20.5. The number of H-pyrrole nitrogens is 1. The van der Waals surface area contributed by atoms with E-state index in [-0.39, 0.29) is 0 Å². The molecule has 0 radical (unpaired) electrons. The van der Waals surface area contributed by atoms with Crippen molar-refractivity contribution >= 4 is 10.9 Å². The molecule has 0 fully saturated rings. The third kappa shape index (κ3) is 1.65. The van der Waals surface area contributed by atoms with Gasteiger partial charge in [0.05, 0.1) is 6.04 Å². The van der Waals surface area contributed by atoms with Crippen molar-refractivity contribution in [2.75, 3.05) is 13.1 Å². The van der Waals surface area contributed by atoms with Gasteiger partial charge in [-0.05, 0) is 48.6 Å². The average Bonchev–Trinajstić information content (AvgIpc) is 2.92. The monoisotopic (exact) mass is 288 g/mol. The zero-order chi connectivity index (χ0) is 14.7. The number of hydrogen-bond donors (Lipinski definition) is 1. The summed E-state index contributed by atoms with van der Waals surface area (Å²) in [5.41, 5.74) is 8.63. The average molecular weight is 288 g/mol. The highest BCUT2D eigenvalue weighted by Gasteiger charge is 2.34. The maximum absolute atomic E-state index is 3.74. The van der Waals surface area contributed by atoms with Crippen LogP contribution in [0.2, 0.25) is 0 Å². The van der Waals surface area contributed by atoms with E-state index < -0.39 is 0 Å². The lowest BCUT2D eigenvalue weighted by molar-refractivity contribution is 0.199. The fraction of sp³-hybridized carbons (Fsp3) is 0.300. The Morgan fingerprint density at radius 3 is 2.86 bits per heavy atom. The number of fused-ring (bicyclic) bond motifs is 7. The molecule has 2 aliphatic rings. The first-order valence-corrected chi connectivity index (χ1v) is 8.24. The van der Waals surface area contributed by atoms with Crippen molar-refractivity contribution < 1.29 is 0 Å². The lowest BCUT2D eigenvalue weighted by Gasteiger charge is -2.40. The number of aryl methyl sites for hydroxylation is 1. The van der Waals surface area contributed by atoms with Crippen molar-refractivity contribution in [2.24, 2.45) is 0 Å². The number of nitrogens with one attached hydrogen (secondary N) is 1. The van der Waals surface area contributed by atoms with Gasteiger partial charge in [0.1, 0.15) is 0 Å². The molecule has 1 N–H and O–H groups in total. The summed E-state index contributed by atoms with van der Waals surface area (Å²) in [5, 5.41) is 1.43. The number of nitrogens with zero attached hydrogens (tertiary/aromatic N) is 1. The molecule has 0 aliphatic carbocycles. The lowest BCUT2D eigenvalue weighted by atomic mass is 9.86. The molecule has 0 amide bonds. The van der Waals surface area contributed by atoms with Crippen molar-refractivity contribution in [2.45, 2.75) is 25.8 Å². The van der Waals surface area contributed by atoms with Crippen LogP contribution in [0.25, 0.3) is 10.9 Å². The number of hydrogen-bond acceptors (Lipinski definition) is 1. The van der Waals surface area contributed by atoms with E-state index in [1.165, 1.54) is 58.4 Å². The number of aromatic nitrogens is 1. The van der Waals surface area contributed by atoms with Gasteiger partial charge in [0.25, 0.3) is 0 Å². The Morgan fingerprint density at radius 1 is 1.05 bits per heavy atom. The van der Waals surface area contributed by atoms with E-state index in [1.54, 1.807) is 0 Å². The van der Waals surface area contributed by atoms with Gasteiger partial charge in [-0.3, -0.25) is 4.90 Å². The van der Waals surface area contributed by atoms with Crippen molar-refractivity contribution in [3.8, 4) is 0 Å². The Morgan fingerprint density at radius 2 is 1.91 bits per heavy atom. The largest absolute Gasteiger partial charge is 0.357 e. The van der Waals surface area contributed by atoms with Gasteiger partial charge in [0, 0.05) is 29.7 Å². The molecule has 5 rings (SSSR count). The maximum Gasteiger partial charge on any atom is 0.0760 e. The number of aromatic amines is 1. The first-order valence-electron chi connectivity index (χ1n) is 8.24. The van der Waals surface area contributed by atoms with Crippen LogP contribution in [0.5, 0.6) is 0 Å². The zero-order valence-corrected chi connectivity index (χ0v) is 12.9. The summed E-state index contributed by atoms with van der Waals surface area (Å²) in [5.74, 6) is 0. The van der Waals surface area contributed by atoms with Gasteiger partial charge in [-0.15, -0.1) is 0 Å². The molecule has 0 bridgehead atoms. The van der Waals surface area contributed by atoms with E-state index in [0.29, 0.717) is 6.04 Å². The van der Waals surface area contributed by atoms with Crippen LogP contribution in [0, 0.1) is 6.92 Å². The van der Waals surface area contributed by atoms with Crippen molar-refractivity contribution in [3.63, 3.8) is 0 Å². The first kappa shape index (κ1) is 12.5. The summed E-state index contributed by atoms with van der Waals surface area (Å²) >= 11 is 0. The van der Waals surface area contributed by atoms with E-state index in [1.807, 2.05) is 0 Å². The fourth-order valence-electron chi connectivity index (χ4n) is 4.34. The Kier molecular flexibility index (Phi) is 2.53. The summed E-state index contributed by atoms with van der Waals surface area (Å²) in [6.07, 6.45) is 2.35. The third-order valence-corrected chi connectivity index (χ3v) is 5.40. The molecular formula is C20H20N2. The highest BCUT2D eigenvalue weighted by atomic mass is 15.2. The highest BCUT2D eigenvalue weighted by Crippen LogP contribution is 2.41. The smallest absolute Gasteiger partial charge is 0.0760 e. The van der Waals surface area contributed by atoms with E-state index in [0.717, 1.165) is 6.42 Å². The van der Waals surface area contributed by atoms with Crippen LogP contribution in [0.3, 0.4) is 0 Å². The molecule has 2 nitrogen and oxygen atoms in total. The molecule has 0 saturated heterocycles. The first-order chi connectivity index (χ1) is 10.8. The van der Waals surface area contributed by atoms with E-state index in [9.17, 15) is 0 Å². The van der Waals surface area contributed by atoms with Crippen molar-refractivity contribution in [3.05, 3.63) is 70.4 Å². The van der Waals surface area contributed by atoms with Gasteiger partial charge < -0.3 is 4.98 Å². The minimum absolute atomic E-state index is 0.418. The molecule has 3 heterocycles. The fourth-order valence-corrected chi connectivity index (χ4v) is 4.34. The van der Waals surface area contributed by atoms with Crippen LogP contribution in [-0.4, -0.2) is 23.0 Å². The second-order valence-corrected chi connectivity index (χ2v) is 6.70. The molecular weight excluding hydrogens is 268 g/mol. The maximum atomic E-state index is 3.74. The molecule has 0 spiro atoms. The van der Waals surface area contributed by atoms with Crippen LogP contribution in [0.15, 0.2) is 42.5 Å². The molecule has 110 valence electrons. The van der Waals surface area contributed by atoms with E-state index in [2.05, 4.69) is 59.3 Å². The minimum Gasteiger partial charge on any atom is -0.357 e. The summed E-state index contributed by atoms with van der Waals surface area (Å²) in [4.78, 5) is 6.39. The summed E-state index contributed by atoms with van der Waals surface area (Å²) in [6.45, 7) is 4.53. The molecule has 22 heavy (non-hydrogen) atoms. The molecule has 0 saturated carbocycles. The standard InChI is InChI=1S/C20H20N2/c1-13-6-7-18-17(12-13)16-9-11-22-10-8-14-4-2-3-5-15(14)20(22)19(16)21-18/h2-7,12,20-21H,8-11H2,1H3. The summed E-state index contributed by atoms with van der Waals surface area (Å²) in [7, 11) is 0. The Balaban J connectivity index is 1.77. The summed E-state index contributed by atoms with van der Waals surface area (Å²) in [6, 6.07) is 16.2.